The SMILES string of the molecule is NC(=O)C(CCO)=C(CCO)CCO. The van der Waals surface area contributed by atoms with Gasteiger partial charge in [0.2, 0.25) is 5.91 Å². The maximum atomic E-state index is 11.0. The van der Waals surface area contributed by atoms with E-state index in [-0.39, 0.29) is 26.2 Å². The van der Waals surface area contributed by atoms with Gasteiger partial charge in [-0.3, -0.25) is 4.79 Å². The van der Waals surface area contributed by atoms with Gasteiger partial charge in [-0.05, 0) is 12.8 Å². The highest BCUT2D eigenvalue weighted by atomic mass is 16.3. The summed E-state index contributed by atoms with van der Waals surface area (Å²) >= 11 is 0. The first-order chi connectivity index (χ1) is 6.67. The minimum Gasteiger partial charge on any atom is -0.396 e. The van der Waals surface area contributed by atoms with Gasteiger partial charge in [-0.15, -0.1) is 0 Å². The molecule has 0 unspecified atom stereocenters. The molecule has 5 N–H and O–H groups in total. The molecular weight excluding hydrogens is 186 g/mol. The minimum absolute atomic E-state index is 0.0997. The molecule has 5 heteroatoms. The number of primary amides is 1. The van der Waals surface area contributed by atoms with Gasteiger partial charge in [0, 0.05) is 31.8 Å². The van der Waals surface area contributed by atoms with Gasteiger partial charge in [-0.1, -0.05) is 5.57 Å². The molecule has 0 saturated carbocycles. The van der Waals surface area contributed by atoms with Crippen molar-refractivity contribution in [1.82, 2.24) is 0 Å². The Balaban J connectivity index is 4.72. The quantitative estimate of drug-likeness (QED) is 0.395. The van der Waals surface area contributed by atoms with E-state index < -0.39 is 5.91 Å². The van der Waals surface area contributed by atoms with E-state index in [9.17, 15) is 4.79 Å². The molecule has 0 heterocycles. The van der Waals surface area contributed by atoms with Crippen molar-refractivity contribution in [2.45, 2.75) is 19.3 Å². The summed E-state index contributed by atoms with van der Waals surface area (Å²) in [4.78, 5) is 11.0. The first kappa shape index (κ1) is 13.1. The van der Waals surface area contributed by atoms with Crippen molar-refractivity contribution in [3.63, 3.8) is 0 Å². The Bertz CT molecular complexity index is 205. The van der Waals surface area contributed by atoms with Gasteiger partial charge in [0.15, 0.2) is 0 Å². The van der Waals surface area contributed by atoms with Crippen molar-refractivity contribution in [1.29, 1.82) is 0 Å². The van der Waals surface area contributed by atoms with Gasteiger partial charge in [0.05, 0.1) is 0 Å². The van der Waals surface area contributed by atoms with Crippen molar-refractivity contribution in [3.8, 4) is 0 Å². The topological polar surface area (TPSA) is 104 Å². The normalized spacial score (nSPS) is 9.93. The molecule has 0 aromatic carbocycles. The molecule has 0 aliphatic rings. The number of amides is 1. The number of rotatable bonds is 7. The fourth-order valence-electron chi connectivity index (χ4n) is 1.28. The number of carbonyl (C=O) groups excluding carboxylic acids is 1. The second-order valence-corrected chi connectivity index (χ2v) is 2.87. The molecule has 0 bridgehead atoms. The molecule has 82 valence electrons. The number of aliphatic hydroxyl groups excluding tert-OH is 3. The predicted molar refractivity (Wildman–Crippen MR) is 51.3 cm³/mol. The summed E-state index contributed by atoms with van der Waals surface area (Å²) in [6.07, 6.45) is 0.780. The average molecular weight is 203 g/mol. The lowest BCUT2D eigenvalue weighted by molar-refractivity contribution is -0.114. The number of aliphatic hydroxyl groups is 3. The first-order valence-electron chi connectivity index (χ1n) is 4.50. The molecule has 0 atom stereocenters. The number of nitrogens with two attached hydrogens (primary N) is 1. The largest absolute Gasteiger partial charge is 0.396 e. The van der Waals surface area contributed by atoms with Crippen molar-refractivity contribution < 1.29 is 20.1 Å². The summed E-state index contributed by atoms with van der Waals surface area (Å²) in [5.41, 5.74) is 6.05. The molecule has 0 aromatic rings. The molecule has 0 saturated heterocycles. The molecule has 1 amide bonds. The van der Waals surface area contributed by atoms with E-state index in [0.717, 1.165) is 0 Å². The van der Waals surface area contributed by atoms with Crippen molar-refractivity contribution >= 4 is 5.91 Å². The van der Waals surface area contributed by atoms with E-state index in [1.165, 1.54) is 0 Å². The molecule has 0 aromatic heterocycles. The lowest BCUT2D eigenvalue weighted by Crippen LogP contribution is -2.18. The summed E-state index contributed by atoms with van der Waals surface area (Å²) < 4.78 is 0. The highest BCUT2D eigenvalue weighted by molar-refractivity contribution is 5.92. The van der Waals surface area contributed by atoms with Gasteiger partial charge >= 0.3 is 0 Å². The van der Waals surface area contributed by atoms with Gasteiger partial charge in [-0.2, -0.15) is 0 Å². The van der Waals surface area contributed by atoms with Crippen LogP contribution in [0, 0.1) is 0 Å². The lowest BCUT2D eigenvalue weighted by Gasteiger charge is -2.10. The van der Waals surface area contributed by atoms with Crippen LogP contribution >= 0.6 is 0 Å². The summed E-state index contributed by atoms with van der Waals surface area (Å²) in [5, 5.41) is 26.2. The maximum absolute atomic E-state index is 11.0. The summed E-state index contributed by atoms with van der Waals surface area (Å²) in [6, 6.07) is 0. The van der Waals surface area contributed by atoms with Gasteiger partial charge < -0.3 is 21.1 Å². The third-order valence-corrected chi connectivity index (χ3v) is 1.91. The van der Waals surface area contributed by atoms with E-state index in [2.05, 4.69) is 0 Å². The number of hydrogen-bond acceptors (Lipinski definition) is 4. The van der Waals surface area contributed by atoms with Gasteiger partial charge in [0.1, 0.15) is 0 Å². The van der Waals surface area contributed by atoms with Crippen LogP contribution in [0.5, 0.6) is 0 Å². The van der Waals surface area contributed by atoms with Crippen molar-refractivity contribution in [2.75, 3.05) is 19.8 Å². The van der Waals surface area contributed by atoms with Crippen LogP contribution in [0.3, 0.4) is 0 Å². The lowest BCUT2D eigenvalue weighted by atomic mass is 9.99. The van der Waals surface area contributed by atoms with Crippen LogP contribution in [0.2, 0.25) is 0 Å². The molecule has 0 rings (SSSR count). The highest BCUT2D eigenvalue weighted by Gasteiger charge is 2.11. The Morgan fingerprint density at radius 2 is 1.36 bits per heavy atom. The third-order valence-electron chi connectivity index (χ3n) is 1.91. The van der Waals surface area contributed by atoms with E-state index in [1.54, 1.807) is 0 Å². The van der Waals surface area contributed by atoms with E-state index >= 15 is 0 Å². The maximum Gasteiger partial charge on any atom is 0.244 e. The molecule has 0 aliphatic heterocycles. The fraction of sp³-hybridized carbons (Fsp3) is 0.667. The Morgan fingerprint density at radius 3 is 1.64 bits per heavy atom. The summed E-state index contributed by atoms with van der Waals surface area (Å²) in [6.45, 7) is -0.367. The number of carbonyl (C=O) groups is 1. The van der Waals surface area contributed by atoms with Gasteiger partial charge in [0.25, 0.3) is 0 Å². The molecule has 5 nitrogen and oxygen atoms in total. The Kier molecular flexibility index (Phi) is 7.00. The van der Waals surface area contributed by atoms with Crippen molar-refractivity contribution in [3.05, 3.63) is 11.1 Å². The zero-order valence-corrected chi connectivity index (χ0v) is 8.07. The van der Waals surface area contributed by atoms with Crippen LogP contribution in [0.4, 0.5) is 0 Å². The molecule has 0 fully saturated rings. The minimum atomic E-state index is -0.601. The Hall–Kier alpha value is -0.910. The average Bonchev–Trinajstić information content (AvgIpc) is 2.13. The summed E-state index contributed by atoms with van der Waals surface area (Å²) in [5.74, 6) is -0.601. The second-order valence-electron chi connectivity index (χ2n) is 2.87. The molecule has 0 spiro atoms. The standard InChI is InChI=1S/C9H17NO4/c10-9(14)8(3-6-13)7(1-4-11)2-5-12/h11-13H,1-6H2,(H2,10,14). The monoisotopic (exact) mass is 203 g/mol. The fourth-order valence-corrected chi connectivity index (χ4v) is 1.28. The zero-order valence-electron chi connectivity index (χ0n) is 8.07. The van der Waals surface area contributed by atoms with Crippen LogP contribution in [-0.4, -0.2) is 41.0 Å². The Morgan fingerprint density at radius 1 is 0.929 bits per heavy atom. The molecule has 0 radical (unpaired) electrons. The highest BCUT2D eigenvalue weighted by Crippen LogP contribution is 2.15. The van der Waals surface area contributed by atoms with Crippen LogP contribution < -0.4 is 5.73 Å². The third kappa shape index (κ3) is 4.36. The second kappa shape index (κ2) is 7.49. The zero-order chi connectivity index (χ0) is 11.0. The van der Waals surface area contributed by atoms with Crippen LogP contribution in [0.25, 0.3) is 0 Å². The smallest absolute Gasteiger partial charge is 0.244 e. The van der Waals surface area contributed by atoms with Gasteiger partial charge in [-0.25, -0.2) is 0 Å². The van der Waals surface area contributed by atoms with Crippen LogP contribution in [-0.2, 0) is 4.79 Å². The van der Waals surface area contributed by atoms with Crippen molar-refractivity contribution in [2.24, 2.45) is 5.73 Å². The van der Waals surface area contributed by atoms with E-state index in [1.807, 2.05) is 0 Å². The van der Waals surface area contributed by atoms with E-state index in [0.29, 0.717) is 24.0 Å². The molecule has 14 heavy (non-hydrogen) atoms. The number of hydrogen-bond donors (Lipinski definition) is 4. The molecular formula is C9H17NO4. The Labute approximate surface area is 82.9 Å². The van der Waals surface area contributed by atoms with Crippen LogP contribution in [0.1, 0.15) is 19.3 Å². The predicted octanol–water partition coefficient (Wildman–Crippen LogP) is -1.08. The molecule has 0 aliphatic carbocycles. The summed E-state index contributed by atoms with van der Waals surface area (Å²) in [7, 11) is 0. The van der Waals surface area contributed by atoms with E-state index in [4.69, 9.17) is 21.1 Å². The first-order valence-corrected chi connectivity index (χ1v) is 4.50. The van der Waals surface area contributed by atoms with Crippen LogP contribution in [0.15, 0.2) is 11.1 Å².